The van der Waals surface area contributed by atoms with E-state index < -0.39 is 0 Å². The zero-order chi connectivity index (χ0) is 10.7. The first-order valence-corrected chi connectivity index (χ1v) is 5.33. The normalized spacial score (nSPS) is 12.3. The lowest BCUT2D eigenvalue weighted by atomic mass is 10.2. The predicted octanol–water partition coefficient (Wildman–Crippen LogP) is 2.34. The first-order valence-electron chi connectivity index (χ1n) is 4.45. The Morgan fingerprint density at radius 1 is 1.57 bits per heavy atom. The fraction of sp³-hybridized carbons (Fsp3) is 0.500. The minimum atomic E-state index is -0.299. The summed E-state index contributed by atoms with van der Waals surface area (Å²) in [6.45, 7) is 5.85. The molecule has 1 atom stereocenters. The summed E-state index contributed by atoms with van der Waals surface area (Å²) in [6, 6.07) is -0.299. The van der Waals surface area contributed by atoms with Gasteiger partial charge in [0.2, 0.25) is 0 Å². The number of aryl methyl sites for hydroxylation is 2. The van der Waals surface area contributed by atoms with E-state index in [0.29, 0.717) is 0 Å². The third-order valence-corrected chi connectivity index (χ3v) is 3.10. The molecule has 1 N–H and O–H groups in total. The summed E-state index contributed by atoms with van der Waals surface area (Å²) in [6.07, 6.45) is 0. The lowest BCUT2D eigenvalue weighted by Gasteiger charge is -2.13. The number of anilines is 1. The van der Waals surface area contributed by atoms with Gasteiger partial charge in [0.05, 0.1) is 12.8 Å². The molecule has 0 bridgehead atoms. The van der Waals surface area contributed by atoms with Crippen LogP contribution in [0.2, 0.25) is 0 Å². The van der Waals surface area contributed by atoms with Crippen molar-refractivity contribution in [3.05, 3.63) is 15.8 Å². The Morgan fingerprint density at radius 2 is 2.21 bits per heavy atom. The Bertz CT molecular complexity index is 313. The first kappa shape index (κ1) is 11.0. The Hall–Kier alpha value is -1.03. The zero-order valence-corrected chi connectivity index (χ0v) is 9.70. The van der Waals surface area contributed by atoms with Crippen molar-refractivity contribution in [2.45, 2.75) is 26.8 Å². The molecular weight excluding hydrogens is 198 g/mol. The highest BCUT2D eigenvalue weighted by Gasteiger charge is 2.15. The summed E-state index contributed by atoms with van der Waals surface area (Å²) < 4.78 is 4.64. The van der Waals surface area contributed by atoms with E-state index in [1.807, 2.05) is 13.8 Å². The van der Waals surface area contributed by atoms with Gasteiger partial charge in [-0.2, -0.15) is 0 Å². The van der Waals surface area contributed by atoms with E-state index in [4.69, 9.17) is 0 Å². The van der Waals surface area contributed by atoms with Crippen LogP contribution in [0.3, 0.4) is 0 Å². The number of hydrogen-bond donors (Lipinski definition) is 1. The lowest BCUT2D eigenvalue weighted by molar-refractivity contribution is -0.141. The third-order valence-electron chi connectivity index (χ3n) is 2.07. The molecule has 1 aromatic rings. The number of thiophene rings is 1. The molecule has 0 saturated heterocycles. The van der Waals surface area contributed by atoms with Crippen molar-refractivity contribution in [1.29, 1.82) is 0 Å². The Kier molecular flexibility index (Phi) is 3.52. The summed E-state index contributed by atoms with van der Waals surface area (Å²) in [5, 5.41) is 5.22. The van der Waals surface area contributed by atoms with Gasteiger partial charge in [0, 0.05) is 4.88 Å². The number of carbonyl (C=O) groups is 1. The minimum absolute atomic E-state index is 0.241. The number of ether oxygens (including phenoxy) is 1. The van der Waals surface area contributed by atoms with Crippen molar-refractivity contribution >= 4 is 23.0 Å². The maximum atomic E-state index is 11.2. The van der Waals surface area contributed by atoms with Crippen LogP contribution in [0, 0.1) is 13.8 Å². The molecule has 0 aliphatic rings. The van der Waals surface area contributed by atoms with Gasteiger partial charge < -0.3 is 10.1 Å². The second kappa shape index (κ2) is 4.46. The van der Waals surface area contributed by atoms with Crippen molar-refractivity contribution in [2.75, 3.05) is 12.4 Å². The van der Waals surface area contributed by atoms with Crippen LogP contribution in [-0.4, -0.2) is 19.1 Å². The van der Waals surface area contributed by atoms with Crippen LogP contribution in [0.25, 0.3) is 0 Å². The quantitative estimate of drug-likeness (QED) is 0.783. The molecule has 0 radical (unpaired) electrons. The molecule has 4 heteroatoms. The molecule has 0 fully saturated rings. The van der Waals surface area contributed by atoms with E-state index in [9.17, 15) is 4.79 Å². The summed E-state index contributed by atoms with van der Waals surface area (Å²) >= 11 is 1.68. The molecule has 1 heterocycles. The Balaban J connectivity index is 2.73. The number of methoxy groups -OCH3 is 1. The van der Waals surface area contributed by atoms with Gasteiger partial charge in [-0.05, 0) is 31.7 Å². The Labute approximate surface area is 88.1 Å². The van der Waals surface area contributed by atoms with Crippen LogP contribution in [0.15, 0.2) is 5.38 Å². The second-order valence-electron chi connectivity index (χ2n) is 3.24. The average Bonchev–Trinajstić information content (AvgIpc) is 2.48. The molecule has 0 saturated carbocycles. The molecule has 0 spiro atoms. The molecule has 1 aromatic heterocycles. The summed E-state index contributed by atoms with van der Waals surface area (Å²) in [4.78, 5) is 12.4. The van der Waals surface area contributed by atoms with Gasteiger partial charge >= 0.3 is 5.97 Å². The molecule has 14 heavy (non-hydrogen) atoms. The van der Waals surface area contributed by atoms with E-state index in [1.165, 1.54) is 17.6 Å². The van der Waals surface area contributed by atoms with Crippen molar-refractivity contribution < 1.29 is 9.53 Å². The monoisotopic (exact) mass is 213 g/mol. The van der Waals surface area contributed by atoms with E-state index in [1.54, 1.807) is 18.3 Å². The molecule has 1 rings (SSSR count). The topological polar surface area (TPSA) is 38.3 Å². The molecule has 0 aromatic carbocycles. The van der Waals surface area contributed by atoms with Gasteiger partial charge in [-0.15, -0.1) is 11.3 Å². The molecule has 3 nitrogen and oxygen atoms in total. The highest BCUT2D eigenvalue weighted by atomic mass is 32.1. The molecule has 0 aliphatic heterocycles. The van der Waals surface area contributed by atoms with Gasteiger partial charge in [0.15, 0.2) is 0 Å². The summed E-state index contributed by atoms with van der Waals surface area (Å²) in [5.41, 5.74) is 2.22. The van der Waals surface area contributed by atoms with Gasteiger partial charge in [-0.1, -0.05) is 0 Å². The SMILES string of the molecule is COC(=O)C(C)Nc1c(C)csc1C. The van der Waals surface area contributed by atoms with Crippen LogP contribution in [-0.2, 0) is 9.53 Å². The molecular formula is C10H15NO2S. The van der Waals surface area contributed by atoms with Crippen LogP contribution in [0.1, 0.15) is 17.4 Å². The molecule has 0 amide bonds. The highest BCUT2D eigenvalue weighted by Crippen LogP contribution is 2.26. The van der Waals surface area contributed by atoms with Gasteiger partial charge in [0.1, 0.15) is 6.04 Å². The van der Waals surface area contributed by atoms with Crippen LogP contribution in [0.4, 0.5) is 5.69 Å². The fourth-order valence-corrected chi connectivity index (χ4v) is 2.05. The average molecular weight is 213 g/mol. The van der Waals surface area contributed by atoms with Crippen LogP contribution in [0.5, 0.6) is 0 Å². The van der Waals surface area contributed by atoms with Gasteiger partial charge in [-0.3, -0.25) is 0 Å². The molecule has 0 aliphatic carbocycles. The van der Waals surface area contributed by atoms with E-state index in [-0.39, 0.29) is 12.0 Å². The standard InChI is InChI=1S/C10H15NO2S/c1-6-5-14-8(3)9(6)11-7(2)10(12)13-4/h5,7,11H,1-4H3. The zero-order valence-electron chi connectivity index (χ0n) is 8.88. The van der Waals surface area contributed by atoms with Gasteiger partial charge in [-0.25, -0.2) is 4.79 Å². The third kappa shape index (κ3) is 2.26. The van der Waals surface area contributed by atoms with E-state index in [0.717, 1.165) is 5.69 Å². The number of esters is 1. The van der Waals surface area contributed by atoms with E-state index in [2.05, 4.69) is 15.4 Å². The number of hydrogen-bond acceptors (Lipinski definition) is 4. The number of nitrogens with one attached hydrogen (secondary N) is 1. The lowest BCUT2D eigenvalue weighted by Crippen LogP contribution is -2.27. The molecule has 1 unspecified atom stereocenters. The van der Waals surface area contributed by atoms with Crippen molar-refractivity contribution in [1.82, 2.24) is 0 Å². The number of carbonyl (C=O) groups excluding carboxylic acids is 1. The van der Waals surface area contributed by atoms with Crippen molar-refractivity contribution in [2.24, 2.45) is 0 Å². The largest absolute Gasteiger partial charge is 0.467 e. The predicted molar refractivity (Wildman–Crippen MR) is 58.9 cm³/mol. The minimum Gasteiger partial charge on any atom is -0.467 e. The first-order chi connectivity index (χ1) is 6.56. The fourth-order valence-electron chi connectivity index (χ4n) is 1.24. The van der Waals surface area contributed by atoms with Crippen molar-refractivity contribution in [3.63, 3.8) is 0 Å². The maximum absolute atomic E-state index is 11.2. The molecule has 78 valence electrons. The van der Waals surface area contributed by atoms with Crippen LogP contribution < -0.4 is 5.32 Å². The smallest absolute Gasteiger partial charge is 0.327 e. The van der Waals surface area contributed by atoms with Crippen LogP contribution >= 0.6 is 11.3 Å². The number of rotatable bonds is 3. The highest BCUT2D eigenvalue weighted by molar-refractivity contribution is 7.10. The summed E-state index contributed by atoms with van der Waals surface area (Å²) in [7, 11) is 1.40. The summed E-state index contributed by atoms with van der Waals surface area (Å²) in [5.74, 6) is -0.241. The second-order valence-corrected chi connectivity index (χ2v) is 4.32. The van der Waals surface area contributed by atoms with Crippen molar-refractivity contribution in [3.8, 4) is 0 Å². The van der Waals surface area contributed by atoms with Gasteiger partial charge in [0.25, 0.3) is 0 Å². The maximum Gasteiger partial charge on any atom is 0.327 e. The Morgan fingerprint density at radius 3 is 2.64 bits per heavy atom. The van der Waals surface area contributed by atoms with E-state index >= 15 is 0 Å².